The Morgan fingerprint density at radius 2 is 2.04 bits per heavy atom. The van der Waals surface area contributed by atoms with Crippen LogP contribution in [-0.2, 0) is 10.8 Å². The molecular formula is C19H32N4OS. The Labute approximate surface area is 154 Å². The fraction of sp³-hybridized carbons (Fsp3) is 0.632. The maximum absolute atomic E-state index is 12.1. The van der Waals surface area contributed by atoms with Crippen LogP contribution in [0.15, 0.2) is 35.3 Å². The number of aliphatic imine (C=N–C) groups is 1. The van der Waals surface area contributed by atoms with E-state index in [4.69, 9.17) is 0 Å². The minimum Gasteiger partial charge on any atom is -0.385 e. The van der Waals surface area contributed by atoms with Crippen molar-refractivity contribution in [3.63, 3.8) is 0 Å². The Bertz CT molecular complexity index is 550. The molecule has 0 aliphatic heterocycles. The minimum atomic E-state index is -0.686. The number of nitrogens with zero attached hydrogens (tertiary/aromatic N) is 1. The molecule has 1 aromatic rings. The summed E-state index contributed by atoms with van der Waals surface area (Å²) in [4.78, 5) is 4.33. The molecule has 1 aromatic carbocycles. The summed E-state index contributed by atoms with van der Waals surface area (Å²) >= 11 is 0. The lowest BCUT2D eigenvalue weighted by Gasteiger charge is -2.30. The maximum atomic E-state index is 12.1. The van der Waals surface area contributed by atoms with Crippen molar-refractivity contribution in [1.29, 1.82) is 0 Å². The highest BCUT2D eigenvalue weighted by atomic mass is 32.2. The van der Waals surface area contributed by atoms with E-state index in [0.29, 0.717) is 11.3 Å². The first-order valence-electron chi connectivity index (χ1n) is 9.36. The second-order valence-electron chi connectivity index (χ2n) is 6.44. The number of para-hydroxylation sites is 1. The van der Waals surface area contributed by atoms with Crippen LogP contribution >= 0.6 is 0 Å². The maximum Gasteiger partial charge on any atom is 0.191 e. The molecule has 0 bridgehead atoms. The molecule has 0 heterocycles. The van der Waals surface area contributed by atoms with E-state index in [2.05, 4.69) is 33.1 Å². The lowest BCUT2D eigenvalue weighted by atomic mass is 9.95. The quantitative estimate of drug-likeness (QED) is 0.377. The first-order chi connectivity index (χ1) is 12.2. The highest BCUT2D eigenvalue weighted by Gasteiger charge is 2.25. The zero-order valence-electron chi connectivity index (χ0n) is 15.5. The third-order valence-corrected chi connectivity index (χ3v) is 6.34. The van der Waals surface area contributed by atoms with Gasteiger partial charge in [0.2, 0.25) is 0 Å². The van der Waals surface area contributed by atoms with Crippen molar-refractivity contribution in [2.45, 2.75) is 50.3 Å². The van der Waals surface area contributed by atoms with Crippen LogP contribution in [0.4, 0.5) is 5.69 Å². The second-order valence-corrected chi connectivity index (χ2v) is 8.45. The topological polar surface area (TPSA) is 65.5 Å². The van der Waals surface area contributed by atoms with Gasteiger partial charge >= 0.3 is 0 Å². The van der Waals surface area contributed by atoms with Gasteiger partial charge in [0.05, 0.1) is 0 Å². The summed E-state index contributed by atoms with van der Waals surface area (Å²) in [6.45, 7) is 3.81. The van der Waals surface area contributed by atoms with E-state index in [1.165, 1.54) is 0 Å². The largest absolute Gasteiger partial charge is 0.385 e. The molecule has 0 spiro atoms. The number of nitrogens with one attached hydrogen (secondary N) is 3. The second kappa shape index (κ2) is 11.1. The van der Waals surface area contributed by atoms with E-state index in [9.17, 15) is 4.21 Å². The highest BCUT2D eigenvalue weighted by molar-refractivity contribution is 7.85. The fourth-order valence-electron chi connectivity index (χ4n) is 3.22. The number of benzene rings is 1. The number of rotatable bonds is 8. The molecule has 3 N–H and O–H groups in total. The van der Waals surface area contributed by atoms with Crippen molar-refractivity contribution in [3.05, 3.63) is 30.3 Å². The van der Waals surface area contributed by atoms with Crippen LogP contribution in [0.25, 0.3) is 0 Å². The van der Waals surface area contributed by atoms with Crippen molar-refractivity contribution >= 4 is 22.4 Å². The van der Waals surface area contributed by atoms with Crippen molar-refractivity contribution in [1.82, 2.24) is 10.6 Å². The van der Waals surface area contributed by atoms with Gasteiger partial charge in [-0.15, -0.1) is 0 Å². The first kappa shape index (κ1) is 19.8. The molecule has 1 aliphatic rings. The lowest BCUT2D eigenvalue weighted by molar-refractivity contribution is 0.413. The zero-order valence-corrected chi connectivity index (χ0v) is 16.3. The van der Waals surface area contributed by atoms with Crippen LogP contribution in [-0.4, -0.2) is 47.4 Å². The molecular weight excluding hydrogens is 332 g/mol. The Hall–Kier alpha value is -1.56. The van der Waals surface area contributed by atoms with Gasteiger partial charge in [0.1, 0.15) is 0 Å². The van der Waals surface area contributed by atoms with E-state index < -0.39 is 10.8 Å². The van der Waals surface area contributed by atoms with Crippen LogP contribution in [0, 0.1) is 0 Å². The van der Waals surface area contributed by atoms with Gasteiger partial charge in [-0.3, -0.25) is 9.20 Å². The molecule has 3 unspecified atom stereocenters. The number of guanidine groups is 1. The first-order valence-corrected chi connectivity index (χ1v) is 10.7. The Morgan fingerprint density at radius 3 is 2.76 bits per heavy atom. The molecule has 3 atom stereocenters. The molecule has 1 aliphatic carbocycles. The third-order valence-electron chi connectivity index (χ3n) is 4.60. The summed E-state index contributed by atoms with van der Waals surface area (Å²) in [5.74, 6) is 1.62. The van der Waals surface area contributed by atoms with Gasteiger partial charge in [-0.1, -0.05) is 31.5 Å². The van der Waals surface area contributed by atoms with Crippen LogP contribution in [0.3, 0.4) is 0 Å². The molecule has 5 nitrogen and oxygen atoms in total. The Kier molecular flexibility index (Phi) is 8.80. The summed E-state index contributed by atoms with van der Waals surface area (Å²) < 4.78 is 12.1. The molecule has 25 heavy (non-hydrogen) atoms. The van der Waals surface area contributed by atoms with Gasteiger partial charge in [-0.2, -0.15) is 0 Å². The van der Waals surface area contributed by atoms with Crippen LogP contribution in [0.5, 0.6) is 0 Å². The molecule has 0 amide bonds. The number of hydrogen-bond acceptors (Lipinski definition) is 3. The molecule has 140 valence electrons. The van der Waals surface area contributed by atoms with Crippen molar-refractivity contribution in [3.8, 4) is 0 Å². The van der Waals surface area contributed by atoms with Gasteiger partial charge in [0.25, 0.3) is 0 Å². The summed E-state index contributed by atoms with van der Waals surface area (Å²) in [5.41, 5.74) is 1.15. The van der Waals surface area contributed by atoms with Gasteiger partial charge in [-0.05, 0) is 37.8 Å². The van der Waals surface area contributed by atoms with Gasteiger partial charge < -0.3 is 16.0 Å². The molecule has 0 saturated heterocycles. The summed E-state index contributed by atoms with van der Waals surface area (Å²) in [5, 5.41) is 10.6. The molecule has 1 saturated carbocycles. The Morgan fingerprint density at radius 1 is 1.24 bits per heavy atom. The van der Waals surface area contributed by atoms with Crippen LogP contribution in [0.2, 0.25) is 0 Å². The van der Waals surface area contributed by atoms with Crippen LogP contribution < -0.4 is 16.0 Å². The van der Waals surface area contributed by atoms with Gasteiger partial charge in [0.15, 0.2) is 5.96 Å². The molecule has 0 aromatic heterocycles. The molecule has 2 rings (SSSR count). The predicted molar refractivity (Wildman–Crippen MR) is 109 cm³/mol. The van der Waals surface area contributed by atoms with Crippen molar-refractivity contribution in [2.75, 3.05) is 31.2 Å². The Balaban J connectivity index is 1.65. The lowest BCUT2D eigenvalue weighted by Crippen LogP contribution is -2.47. The summed E-state index contributed by atoms with van der Waals surface area (Å²) in [6.07, 6.45) is 5.37. The zero-order chi connectivity index (χ0) is 17.9. The van der Waals surface area contributed by atoms with Crippen LogP contribution in [0.1, 0.15) is 39.0 Å². The highest BCUT2D eigenvalue weighted by Crippen LogP contribution is 2.22. The fourth-order valence-corrected chi connectivity index (χ4v) is 4.57. The number of hydrogen-bond donors (Lipinski definition) is 3. The average Bonchev–Trinajstić information content (AvgIpc) is 2.67. The van der Waals surface area contributed by atoms with E-state index in [1.54, 1.807) is 0 Å². The van der Waals surface area contributed by atoms with Gasteiger partial charge in [0, 0.05) is 53.7 Å². The van der Waals surface area contributed by atoms with E-state index >= 15 is 0 Å². The normalized spacial score (nSPS) is 22.2. The van der Waals surface area contributed by atoms with E-state index in [-0.39, 0.29) is 0 Å². The van der Waals surface area contributed by atoms with Crippen molar-refractivity contribution < 1.29 is 4.21 Å². The van der Waals surface area contributed by atoms with E-state index in [1.807, 2.05) is 32.2 Å². The smallest absolute Gasteiger partial charge is 0.191 e. The average molecular weight is 365 g/mol. The van der Waals surface area contributed by atoms with E-state index in [0.717, 1.165) is 62.6 Å². The molecule has 0 radical (unpaired) electrons. The third kappa shape index (κ3) is 7.06. The predicted octanol–water partition coefficient (Wildman–Crippen LogP) is 2.73. The molecule has 6 heteroatoms. The van der Waals surface area contributed by atoms with Crippen molar-refractivity contribution in [2.24, 2.45) is 4.99 Å². The standard InChI is InChI=1S/C19H32N4OS/c1-3-25(24)18-12-7-11-17(15-18)23-19(20-2)22-14-8-13-21-16-9-5-4-6-10-16/h4-6,9-10,17-18,21H,3,7-8,11-15H2,1-2H3,(H2,20,22,23). The number of anilines is 1. The SMILES string of the molecule is CCS(=O)C1CCCC(NC(=NC)NCCCNc2ccccc2)C1. The summed E-state index contributed by atoms with van der Waals surface area (Å²) in [7, 11) is 1.12. The molecule has 1 fully saturated rings. The summed E-state index contributed by atoms with van der Waals surface area (Å²) in [6, 6.07) is 10.6. The monoisotopic (exact) mass is 364 g/mol. The minimum absolute atomic E-state index is 0.337. The van der Waals surface area contributed by atoms with Gasteiger partial charge in [-0.25, -0.2) is 0 Å².